The second kappa shape index (κ2) is 5.62. The number of nitrogens with one attached hydrogen (secondary N) is 2. The molecule has 1 aromatic carbocycles. The van der Waals surface area contributed by atoms with Crippen LogP contribution in [0.1, 0.15) is 10.4 Å². The monoisotopic (exact) mass is 331 g/mol. The number of methoxy groups -OCH3 is 1. The molecular formula is C11H10ClN3O5S. The molecule has 0 aliphatic rings. The molecule has 0 atom stereocenters. The molecule has 21 heavy (non-hydrogen) atoms. The standard InChI is InChI=1S/C11H10ClN3O5S/c1-20-9-3-8(7(12)2-6(9)11(16)17)15-21(18,19)10-4-13-5-14-10/h2-5,15H,1H3,(H,13,14)(H,16,17). The number of carboxylic acids is 1. The molecule has 2 rings (SSSR count). The number of rotatable bonds is 5. The first-order valence-electron chi connectivity index (χ1n) is 5.47. The highest BCUT2D eigenvalue weighted by Crippen LogP contribution is 2.32. The van der Waals surface area contributed by atoms with Crippen LogP contribution < -0.4 is 9.46 Å². The lowest BCUT2D eigenvalue weighted by Gasteiger charge is -2.12. The van der Waals surface area contributed by atoms with E-state index < -0.39 is 16.0 Å². The Kier molecular flexibility index (Phi) is 4.05. The fourth-order valence-electron chi connectivity index (χ4n) is 1.56. The van der Waals surface area contributed by atoms with Gasteiger partial charge in [0.05, 0.1) is 30.3 Å². The van der Waals surface area contributed by atoms with Crippen molar-refractivity contribution >= 4 is 33.3 Å². The highest BCUT2D eigenvalue weighted by Gasteiger charge is 2.20. The largest absolute Gasteiger partial charge is 0.496 e. The highest BCUT2D eigenvalue weighted by molar-refractivity contribution is 7.92. The number of benzene rings is 1. The zero-order valence-electron chi connectivity index (χ0n) is 10.6. The van der Waals surface area contributed by atoms with Crippen LogP contribution >= 0.6 is 11.6 Å². The van der Waals surface area contributed by atoms with Gasteiger partial charge >= 0.3 is 5.97 Å². The Hall–Kier alpha value is -2.26. The molecule has 0 spiro atoms. The van der Waals surface area contributed by atoms with Crippen LogP contribution in [0.5, 0.6) is 5.75 Å². The van der Waals surface area contributed by atoms with Crippen LogP contribution in [0.3, 0.4) is 0 Å². The van der Waals surface area contributed by atoms with Gasteiger partial charge in [-0.3, -0.25) is 4.72 Å². The van der Waals surface area contributed by atoms with Crippen molar-refractivity contribution in [1.82, 2.24) is 9.97 Å². The Bertz CT molecular complexity index is 773. The van der Waals surface area contributed by atoms with E-state index in [-0.39, 0.29) is 27.0 Å². The molecule has 0 aliphatic heterocycles. The third kappa shape index (κ3) is 3.09. The van der Waals surface area contributed by atoms with E-state index in [9.17, 15) is 13.2 Å². The van der Waals surface area contributed by atoms with Gasteiger partial charge in [0.15, 0.2) is 5.03 Å². The summed E-state index contributed by atoms with van der Waals surface area (Å²) in [7, 11) is -2.64. The van der Waals surface area contributed by atoms with Crippen LogP contribution in [0.25, 0.3) is 0 Å². The number of anilines is 1. The number of aromatic carboxylic acids is 1. The number of ether oxygens (including phenoxy) is 1. The van der Waals surface area contributed by atoms with Crippen molar-refractivity contribution in [2.75, 3.05) is 11.8 Å². The number of hydrogen-bond donors (Lipinski definition) is 3. The second-order valence-electron chi connectivity index (χ2n) is 3.86. The summed E-state index contributed by atoms with van der Waals surface area (Å²) in [6.45, 7) is 0. The van der Waals surface area contributed by atoms with Gasteiger partial charge in [-0.05, 0) is 6.07 Å². The summed E-state index contributed by atoms with van der Waals surface area (Å²) < 4.78 is 31.2. The number of imidazole rings is 1. The second-order valence-corrected chi connectivity index (χ2v) is 5.92. The van der Waals surface area contributed by atoms with Crippen molar-refractivity contribution in [2.24, 2.45) is 0 Å². The van der Waals surface area contributed by atoms with Gasteiger partial charge in [0.25, 0.3) is 10.0 Å². The molecule has 0 radical (unpaired) electrons. The lowest BCUT2D eigenvalue weighted by molar-refractivity contribution is 0.0693. The molecule has 0 saturated heterocycles. The molecule has 10 heteroatoms. The molecule has 1 aromatic heterocycles. The van der Waals surface area contributed by atoms with Crippen LogP contribution in [-0.4, -0.2) is 36.6 Å². The van der Waals surface area contributed by atoms with E-state index in [2.05, 4.69) is 14.7 Å². The first-order valence-corrected chi connectivity index (χ1v) is 7.33. The lowest BCUT2D eigenvalue weighted by atomic mass is 10.2. The van der Waals surface area contributed by atoms with E-state index in [0.29, 0.717) is 0 Å². The number of H-pyrrole nitrogens is 1. The van der Waals surface area contributed by atoms with E-state index in [0.717, 1.165) is 12.3 Å². The van der Waals surface area contributed by atoms with E-state index in [1.165, 1.54) is 19.5 Å². The van der Waals surface area contributed by atoms with E-state index >= 15 is 0 Å². The number of sulfonamides is 1. The van der Waals surface area contributed by atoms with Gasteiger partial charge in [-0.15, -0.1) is 0 Å². The predicted octanol–water partition coefficient (Wildman–Crippen LogP) is 1.57. The minimum Gasteiger partial charge on any atom is -0.496 e. The molecule has 0 unspecified atom stereocenters. The van der Waals surface area contributed by atoms with Gasteiger partial charge < -0.3 is 14.8 Å². The van der Waals surface area contributed by atoms with Crippen LogP contribution in [0.2, 0.25) is 5.02 Å². The normalized spacial score (nSPS) is 11.1. The Morgan fingerprint density at radius 1 is 1.48 bits per heavy atom. The first-order chi connectivity index (χ1) is 9.85. The third-order valence-corrected chi connectivity index (χ3v) is 4.13. The zero-order chi connectivity index (χ0) is 15.6. The topological polar surface area (TPSA) is 121 Å². The van der Waals surface area contributed by atoms with Crippen LogP contribution in [-0.2, 0) is 10.0 Å². The van der Waals surface area contributed by atoms with Crippen molar-refractivity contribution in [3.63, 3.8) is 0 Å². The number of nitrogens with zero attached hydrogens (tertiary/aromatic N) is 1. The summed E-state index contributed by atoms with van der Waals surface area (Å²) in [5.41, 5.74) is -0.180. The number of carboxylic acid groups (broad SMARTS) is 1. The third-order valence-electron chi connectivity index (χ3n) is 2.53. The average molecular weight is 332 g/mol. The summed E-state index contributed by atoms with van der Waals surface area (Å²) in [5.74, 6) is -1.26. The van der Waals surface area contributed by atoms with Crippen molar-refractivity contribution in [2.45, 2.75) is 5.03 Å². The number of aromatic nitrogens is 2. The number of carbonyl (C=O) groups is 1. The minimum atomic E-state index is -3.91. The quantitative estimate of drug-likeness (QED) is 0.764. The predicted molar refractivity (Wildman–Crippen MR) is 74.4 cm³/mol. The molecule has 0 bridgehead atoms. The van der Waals surface area contributed by atoms with E-state index in [1.54, 1.807) is 0 Å². The van der Waals surface area contributed by atoms with Gasteiger partial charge in [-0.25, -0.2) is 9.78 Å². The number of hydrogen-bond acceptors (Lipinski definition) is 5. The smallest absolute Gasteiger partial charge is 0.339 e. The van der Waals surface area contributed by atoms with Crippen LogP contribution in [0, 0.1) is 0 Å². The fraction of sp³-hybridized carbons (Fsp3) is 0.0909. The Balaban J connectivity index is 2.44. The molecule has 3 N–H and O–H groups in total. The number of halogens is 1. The molecule has 112 valence electrons. The summed E-state index contributed by atoms with van der Waals surface area (Å²) in [6, 6.07) is 2.30. The maximum absolute atomic E-state index is 12.0. The Morgan fingerprint density at radius 3 is 2.71 bits per heavy atom. The van der Waals surface area contributed by atoms with Gasteiger partial charge in [-0.2, -0.15) is 8.42 Å². The summed E-state index contributed by atoms with van der Waals surface area (Å²) in [6.07, 6.45) is 2.34. The molecule has 0 aliphatic carbocycles. The van der Waals surface area contributed by atoms with Crippen molar-refractivity contribution in [3.05, 3.63) is 35.2 Å². The zero-order valence-corrected chi connectivity index (χ0v) is 12.2. The average Bonchev–Trinajstić information content (AvgIpc) is 2.95. The highest BCUT2D eigenvalue weighted by atomic mass is 35.5. The van der Waals surface area contributed by atoms with Crippen molar-refractivity contribution in [1.29, 1.82) is 0 Å². The SMILES string of the molecule is COc1cc(NS(=O)(=O)c2cnc[nH]2)c(Cl)cc1C(=O)O. The lowest BCUT2D eigenvalue weighted by Crippen LogP contribution is -2.14. The van der Waals surface area contributed by atoms with E-state index in [4.69, 9.17) is 21.4 Å². The van der Waals surface area contributed by atoms with Crippen LogP contribution in [0.15, 0.2) is 29.7 Å². The van der Waals surface area contributed by atoms with Gasteiger partial charge in [0.1, 0.15) is 11.3 Å². The Labute approximate surface area is 124 Å². The minimum absolute atomic E-state index is 0.00637. The maximum Gasteiger partial charge on any atom is 0.339 e. The molecule has 1 heterocycles. The van der Waals surface area contributed by atoms with Crippen LogP contribution in [0.4, 0.5) is 5.69 Å². The molecule has 2 aromatic rings. The Morgan fingerprint density at radius 2 is 2.19 bits per heavy atom. The van der Waals surface area contributed by atoms with E-state index in [1.807, 2.05) is 0 Å². The fourth-order valence-corrected chi connectivity index (χ4v) is 2.80. The summed E-state index contributed by atoms with van der Waals surface area (Å²) in [4.78, 5) is 17.1. The molecular weight excluding hydrogens is 322 g/mol. The molecule has 0 saturated carbocycles. The van der Waals surface area contributed by atoms with Gasteiger partial charge in [0.2, 0.25) is 0 Å². The number of aromatic amines is 1. The van der Waals surface area contributed by atoms with Gasteiger partial charge in [0, 0.05) is 6.07 Å². The first kappa shape index (κ1) is 15.1. The molecule has 0 amide bonds. The summed E-state index contributed by atoms with van der Waals surface area (Å²) >= 11 is 5.90. The van der Waals surface area contributed by atoms with Crippen molar-refractivity contribution in [3.8, 4) is 5.75 Å². The summed E-state index contributed by atoms with van der Waals surface area (Å²) in [5, 5.41) is 8.78. The maximum atomic E-state index is 12.0. The molecule has 8 nitrogen and oxygen atoms in total. The van der Waals surface area contributed by atoms with Crippen molar-refractivity contribution < 1.29 is 23.1 Å². The van der Waals surface area contributed by atoms with Gasteiger partial charge in [-0.1, -0.05) is 11.6 Å². The molecule has 0 fully saturated rings.